The Morgan fingerprint density at radius 1 is 1.06 bits per heavy atom. The van der Waals surface area contributed by atoms with Crippen LogP contribution in [-0.4, -0.2) is 15.7 Å². The molecule has 1 aliphatic rings. The summed E-state index contributed by atoms with van der Waals surface area (Å²) < 4.78 is 35.2. The molecule has 1 heterocycles. The van der Waals surface area contributed by atoms with Crippen LogP contribution in [0.2, 0.25) is 0 Å². The van der Waals surface area contributed by atoms with Gasteiger partial charge in [0.2, 0.25) is 5.69 Å². The topological polar surface area (TPSA) is 131 Å². The van der Waals surface area contributed by atoms with Gasteiger partial charge < -0.3 is 5.11 Å². The van der Waals surface area contributed by atoms with Gasteiger partial charge in [-0.2, -0.15) is 18.5 Å². The number of carboxylic acids is 1. The Morgan fingerprint density at radius 2 is 1.71 bits per heavy atom. The Kier molecular flexibility index (Phi) is 9.87. The summed E-state index contributed by atoms with van der Waals surface area (Å²) in [7, 11) is -4.69. The zero-order valence-electron chi connectivity index (χ0n) is 17.9. The van der Waals surface area contributed by atoms with E-state index in [1.165, 1.54) is 48.2 Å². The molecule has 0 bridgehead atoms. The molecule has 0 saturated heterocycles. The Hall–Kier alpha value is -2.03. The maximum absolute atomic E-state index is 10.7. The van der Waals surface area contributed by atoms with Crippen LogP contribution in [0.4, 0.5) is 0 Å². The van der Waals surface area contributed by atoms with Crippen molar-refractivity contribution >= 4 is 5.97 Å². The van der Waals surface area contributed by atoms with Crippen molar-refractivity contribution in [1.82, 2.24) is 0 Å². The van der Waals surface area contributed by atoms with E-state index in [4.69, 9.17) is 23.7 Å². The van der Waals surface area contributed by atoms with Crippen LogP contribution in [0.15, 0.2) is 36.4 Å². The van der Waals surface area contributed by atoms with Gasteiger partial charge in [-0.1, -0.05) is 25.1 Å². The number of aliphatic carboxylic acids is 1. The van der Waals surface area contributed by atoms with E-state index >= 15 is 0 Å². The summed E-state index contributed by atoms with van der Waals surface area (Å²) >= 11 is 0. The van der Waals surface area contributed by atoms with Crippen LogP contribution in [0.25, 0.3) is 11.3 Å². The summed E-state index contributed by atoms with van der Waals surface area (Å²) in [5, 5.41) is 8.83. The van der Waals surface area contributed by atoms with Gasteiger partial charge in [-0.15, -0.1) is 0 Å². The number of halogens is 1. The van der Waals surface area contributed by atoms with Crippen LogP contribution < -0.4 is 18.5 Å². The minimum atomic E-state index is -4.69. The maximum Gasteiger partial charge on any atom is 0.303 e. The molecule has 0 saturated carbocycles. The number of aromatic nitrogens is 1. The first-order valence-electron chi connectivity index (χ1n) is 10.7. The number of nitrogens with zero attached hydrogens (tertiary/aromatic N) is 1. The molecule has 0 atom stereocenters. The van der Waals surface area contributed by atoms with E-state index in [0.717, 1.165) is 32.2 Å². The number of hydrogen-bond donors (Lipinski definition) is 2. The predicted molar refractivity (Wildman–Crippen MR) is 106 cm³/mol. The summed E-state index contributed by atoms with van der Waals surface area (Å²) in [5.41, 5.74) is 7.19. The normalized spacial score (nSPS) is 13.2. The third-order valence-corrected chi connectivity index (χ3v) is 5.46. The van der Waals surface area contributed by atoms with Crippen LogP contribution in [0, 0.1) is 10.2 Å². The van der Waals surface area contributed by atoms with E-state index in [1.54, 1.807) is 5.56 Å². The summed E-state index contributed by atoms with van der Waals surface area (Å²) in [6.45, 7) is 3.24. The number of carboxylic acid groups (broad SMARTS) is 1. The number of benzene rings is 1. The minimum absolute atomic E-state index is 0.279. The molecule has 0 aliphatic heterocycles. The first kappa shape index (κ1) is 25.2. The first-order valence-corrected chi connectivity index (χ1v) is 11.9. The van der Waals surface area contributed by atoms with Crippen molar-refractivity contribution in [3.05, 3.63) is 53.2 Å². The summed E-state index contributed by atoms with van der Waals surface area (Å²) in [5.74, 6) is -0.689. The van der Waals surface area contributed by atoms with Crippen molar-refractivity contribution in [2.45, 2.75) is 71.3 Å². The standard InChI is InChI=1S/C23H29NO2.ClHO4/c1-2-21-20-14-9-8-13-19(20)17-22(18-11-5-3-6-12-18)24(21)16-10-4-7-15-23(25)26;2-1(3,4)5/h3,5-6,11-12,17H,2,4,7-10,13-16H2,1H3;(H,2,3,4,5)/p+1. The van der Waals surface area contributed by atoms with Crippen molar-refractivity contribution in [1.29, 1.82) is 0 Å². The Balaban J connectivity index is 0.000000614. The minimum Gasteiger partial charge on any atom is -0.481 e. The molecule has 1 aliphatic carbocycles. The maximum atomic E-state index is 10.7. The third kappa shape index (κ3) is 8.55. The lowest BCUT2D eigenvalue weighted by Crippen LogP contribution is -2.58. The van der Waals surface area contributed by atoms with Crippen LogP contribution in [0.3, 0.4) is 0 Å². The average Bonchev–Trinajstić information content (AvgIpc) is 2.72. The molecule has 0 radical (unpaired) electrons. The van der Waals surface area contributed by atoms with Crippen molar-refractivity contribution in [3.8, 4) is 11.3 Å². The molecule has 2 aromatic rings. The predicted octanol–water partition coefficient (Wildman–Crippen LogP) is 0.603. The number of unbranched alkanes of at least 4 members (excludes halogenated alkanes) is 2. The van der Waals surface area contributed by atoms with Gasteiger partial charge in [-0.25, -0.2) is 0 Å². The van der Waals surface area contributed by atoms with Gasteiger partial charge in [0.15, 0.2) is 5.69 Å². The molecule has 0 amide bonds. The molecule has 8 heteroatoms. The molecule has 1 aromatic carbocycles. The van der Waals surface area contributed by atoms with Crippen molar-refractivity contribution < 1.29 is 43.3 Å². The molecule has 0 unspecified atom stereocenters. The van der Waals surface area contributed by atoms with Crippen molar-refractivity contribution in [2.24, 2.45) is 0 Å². The van der Waals surface area contributed by atoms with E-state index in [1.807, 2.05) is 0 Å². The molecule has 0 spiro atoms. The zero-order valence-corrected chi connectivity index (χ0v) is 18.6. The summed E-state index contributed by atoms with van der Waals surface area (Å²) in [6, 6.07) is 13.1. The number of aryl methyl sites for hydroxylation is 1. The summed E-state index contributed by atoms with van der Waals surface area (Å²) in [6.07, 6.45) is 9.08. The van der Waals surface area contributed by atoms with Gasteiger partial charge in [0.1, 0.15) is 6.54 Å². The number of pyridine rings is 1. The lowest BCUT2D eigenvalue weighted by atomic mass is 9.88. The average molecular weight is 453 g/mol. The van der Waals surface area contributed by atoms with Gasteiger partial charge in [0.05, 0.1) is 14.9 Å². The van der Waals surface area contributed by atoms with E-state index < -0.39 is 16.2 Å². The molecule has 0 fully saturated rings. The Labute approximate surface area is 185 Å². The van der Waals surface area contributed by atoms with Crippen molar-refractivity contribution in [2.75, 3.05) is 0 Å². The van der Waals surface area contributed by atoms with E-state index in [0.29, 0.717) is 0 Å². The fourth-order valence-corrected chi connectivity index (χ4v) is 4.20. The lowest BCUT2D eigenvalue weighted by Gasteiger charge is -2.20. The lowest BCUT2D eigenvalue weighted by molar-refractivity contribution is -1.92. The molecular weight excluding hydrogens is 422 g/mol. The quantitative estimate of drug-likeness (QED) is 0.445. The molecule has 7 nitrogen and oxygen atoms in total. The fourth-order valence-electron chi connectivity index (χ4n) is 4.20. The molecule has 2 N–H and O–H groups in total. The molecule has 3 rings (SSSR count). The van der Waals surface area contributed by atoms with Crippen molar-refractivity contribution in [3.63, 3.8) is 0 Å². The van der Waals surface area contributed by atoms with Gasteiger partial charge >= 0.3 is 5.97 Å². The fraction of sp³-hybridized carbons (Fsp3) is 0.478. The van der Waals surface area contributed by atoms with E-state index in [9.17, 15) is 4.79 Å². The highest BCUT2D eigenvalue weighted by Crippen LogP contribution is 2.28. The van der Waals surface area contributed by atoms with Gasteiger partial charge in [0, 0.05) is 36.5 Å². The number of rotatable bonds is 8. The highest BCUT2D eigenvalue weighted by Gasteiger charge is 2.26. The number of fused-ring (bicyclic) bond motifs is 1. The van der Waals surface area contributed by atoms with Crippen LogP contribution >= 0.6 is 0 Å². The van der Waals surface area contributed by atoms with Gasteiger partial charge in [-0.3, -0.25) is 4.79 Å². The molecule has 170 valence electrons. The van der Waals surface area contributed by atoms with E-state index in [-0.39, 0.29) is 6.42 Å². The van der Waals surface area contributed by atoms with E-state index in [2.05, 4.69) is 47.9 Å². The van der Waals surface area contributed by atoms with Gasteiger partial charge in [0.25, 0.3) is 0 Å². The second kappa shape index (κ2) is 12.1. The molecular formula is C23H31ClNO6+. The van der Waals surface area contributed by atoms with Crippen LogP contribution in [-0.2, 0) is 30.6 Å². The smallest absolute Gasteiger partial charge is 0.303 e. The first-order chi connectivity index (χ1) is 14.7. The summed E-state index contributed by atoms with van der Waals surface area (Å²) in [4.78, 5) is 10.7. The SMILES string of the molecule is CCc1c2c(cc(-c3ccccc3)[n+]1CCCCCC(=O)O)CCCC2.[O-][Cl+3]([O-])([O-])O. The monoisotopic (exact) mass is 452 g/mol. The van der Waals surface area contributed by atoms with Crippen LogP contribution in [0.1, 0.15) is 62.3 Å². The number of carbonyl (C=O) groups is 1. The van der Waals surface area contributed by atoms with Gasteiger partial charge in [-0.05, 0) is 56.2 Å². The Morgan fingerprint density at radius 3 is 2.32 bits per heavy atom. The highest BCUT2D eigenvalue weighted by molar-refractivity contribution is 5.66. The number of hydrogen-bond acceptors (Lipinski definition) is 5. The second-order valence-corrected chi connectivity index (χ2v) is 8.45. The third-order valence-electron chi connectivity index (χ3n) is 5.46. The zero-order chi connectivity index (χ0) is 22.9. The Bertz CT molecular complexity index is 845. The molecule has 31 heavy (non-hydrogen) atoms. The highest BCUT2D eigenvalue weighted by atomic mass is 35.7. The second-order valence-electron chi connectivity index (χ2n) is 7.66. The molecule has 1 aromatic heterocycles. The largest absolute Gasteiger partial charge is 0.481 e. The van der Waals surface area contributed by atoms with Crippen LogP contribution in [0.5, 0.6) is 0 Å².